The third-order valence-electron chi connectivity index (χ3n) is 17.4. The Kier molecular flexibility index (Phi) is 62.2. The maximum atomic E-state index is 13.0. The van der Waals surface area contributed by atoms with Crippen molar-refractivity contribution < 1.29 is 80.2 Å². The first-order chi connectivity index (χ1) is 44.6. The van der Waals surface area contributed by atoms with Crippen molar-refractivity contribution in [2.75, 3.05) is 39.6 Å². The number of unbranched alkanes of at least 4 members (excludes halogenated alkanes) is 36. The molecule has 17 nitrogen and oxygen atoms in total. The van der Waals surface area contributed by atoms with Crippen LogP contribution in [0.3, 0.4) is 0 Å². The van der Waals surface area contributed by atoms with E-state index < -0.39 is 97.5 Å². The minimum absolute atomic E-state index is 0.101. The van der Waals surface area contributed by atoms with Crippen molar-refractivity contribution in [3.8, 4) is 0 Å². The Labute approximate surface area is 568 Å². The molecule has 0 spiro atoms. The van der Waals surface area contributed by atoms with E-state index in [1.54, 1.807) is 0 Å². The molecule has 93 heavy (non-hydrogen) atoms. The minimum atomic E-state index is -4.96. The topological polar surface area (TPSA) is 237 Å². The van der Waals surface area contributed by atoms with Crippen LogP contribution in [0.4, 0.5) is 0 Å². The summed E-state index contributed by atoms with van der Waals surface area (Å²) in [7, 11) is -9.91. The van der Waals surface area contributed by atoms with Gasteiger partial charge in [0.15, 0.2) is 12.2 Å². The molecule has 0 fully saturated rings. The molecule has 0 amide bonds. The third-order valence-corrected chi connectivity index (χ3v) is 19.3. The van der Waals surface area contributed by atoms with Crippen LogP contribution in [-0.4, -0.2) is 96.7 Å². The SMILES string of the molecule is CCC(C)CCCCCCCCCCC(=O)O[C@H](COC(=O)CCCCCCCCCCCCCCCCCCCCC(C)C)COP(=O)(O)OCC(O)COP(=O)(O)OC[C@@H](COC(=O)CCCCCCCCCCC(C)C)OC(=O)CCCCCCCCC(C)C. The highest BCUT2D eigenvalue weighted by Gasteiger charge is 2.30. The second kappa shape index (κ2) is 63.5. The molecule has 0 saturated carbocycles. The highest BCUT2D eigenvalue weighted by molar-refractivity contribution is 7.47. The molecular formula is C74H144O17P2. The number of phosphoric ester groups is 2. The van der Waals surface area contributed by atoms with Crippen LogP contribution in [0.15, 0.2) is 0 Å². The third kappa shape index (κ3) is 67.0. The fourth-order valence-electron chi connectivity index (χ4n) is 11.2. The van der Waals surface area contributed by atoms with Crippen molar-refractivity contribution in [3.63, 3.8) is 0 Å². The molecule has 19 heteroatoms. The maximum Gasteiger partial charge on any atom is 0.472 e. The van der Waals surface area contributed by atoms with E-state index in [0.717, 1.165) is 108 Å². The number of carbonyl (C=O) groups excluding carboxylic acids is 4. The van der Waals surface area contributed by atoms with Crippen molar-refractivity contribution in [2.45, 2.75) is 388 Å². The molecule has 0 aromatic rings. The van der Waals surface area contributed by atoms with Crippen LogP contribution in [0.5, 0.6) is 0 Å². The van der Waals surface area contributed by atoms with Crippen molar-refractivity contribution >= 4 is 39.5 Å². The smallest absolute Gasteiger partial charge is 0.462 e. The lowest BCUT2D eigenvalue weighted by molar-refractivity contribution is -0.161. The van der Waals surface area contributed by atoms with Crippen LogP contribution < -0.4 is 0 Å². The second-order valence-corrected chi connectivity index (χ2v) is 31.3. The normalized spacial score (nSPS) is 14.5. The Hall–Kier alpha value is -1.94. The highest BCUT2D eigenvalue weighted by Crippen LogP contribution is 2.45. The zero-order valence-electron chi connectivity index (χ0n) is 60.9. The summed E-state index contributed by atoms with van der Waals surface area (Å²) in [6, 6.07) is 0. The van der Waals surface area contributed by atoms with Crippen LogP contribution in [0.25, 0.3) is 0 Å². The summed E-state index contributed by atoms with van der Waals surface area (Å²) in [6.45, 7) is 14.1. The number of carbonyl (C=O) groups is 4. The molecule has 6 atom stereocenters. The number of aliphatic hydroxyl groups excluding tert-OH is 1. The van der Waals surface area contributed by atoms with Gasteiger partial charge in [0.25, 0.3) is 0 Å². The van der Waals surface area contributed by atoms with Crippen LogP contribution in [0, 0.1) is 23.7 Å². The Balaban J connectivity index is 5.15. The van der Waals surface area contributed by atoms with Gasteiger partial charge in [-0.2, -0.15) is 0 Å². The molecule has 4 unspecified atom stereocenters. The van der Waals surface area contributed by atoms with E-state index in [0.29, 0.717) is 31.6 Å². The summed E-state index contributed by atoms with van der Waals surface area (Å²) in [6.07, 6.45) is 47.6. The molecule has 0 bridgehead atoms. The van der Waals surface area contributed by atoms with E-state index in [-0.39, 0.29) is 25.7 Å². The molecule has 552 valence electrons. The maximum absolute atomic E-state index is 13.0. The first-order valence-corrected chi connectivity index (χ1v) is 41.2. The van der Waals surface area contributed by atoms with Gasteiger partial charge in [-0.15, -0.1) is 0 Å². The molecule has 0 aliphatic rings. The van der Waals surface area contributed by atoms with Gasteiger partial charge in [0.05, 0.1) is 26.4 Å². The average molecular weight is 1370 g/mol. The number of rotatable bonds is 71. The zero-order chi connectivity index (χ0) is 68.9. The van der Waals surface area contributed by atoms with Crippen molar-refractivity contribution in [1.82, 2.24) is 0 Å². The predicted octanol–water partition coefficient (Wildman–Crippen LogP) is 21.3. The molecule has 0 aromatic carbocycles. The summed E-state index contributed by atoms with van der Waals surface area (Å²) in [5, 5.41) is 10.6. The molecule has 0 saturated heterocycles. The minimum Gasteiger partial charge on any atom is -0.462 e. The van der Waals surface area contributed by atoms with Crippen LogP contribution >= 0.6 is 15.6 Å². The van der Waals surface area contributed by atoms with Crippen molar-refractivity contribution in [3.05, 3.63) is 0 Å². The van der Waals surface area contributed by atoms with Crippen molar-refractivity contribution in [2.24, 2.45) is 23.7 Å². The molecule has 3 N–H and O–H groups in total. The van der Waals surface area contributed by atoms with Crippen LogP contribution in [0.1, 0.15) is 370 Å². The van der Waals surface area contributed by atoms with E-state index in [4.69, 9.17) is 37.0 Å². The monoisotopic (exact) mass is 1370 g/mol. The Morgan fingerprint density at radius 3 is 0.763 bits per heavy atom. The lowest BCUT2D eigenvalue weighted by atomic mass is 9.99. The van der Waals surface area contributed by atoms with Crippen molar-refractivity contribution in [1.29, 1.82) is 0 Å². The van der Waals surface area contributed by atoms with Gasteiger partial charge in [-0.3, -0.25) is 37.3 Å². The summed E-state index contributed by atoms with van der Waals surface area (Å²) in [4.78, 5) is 72.6. The van der Waals surface area contributed by atoms with Gasteiger partial charge < -0.3 is 33.8 Å². The number of esters is 4. The summed E-state index contributed by atoms with van der Waals surface area (Å²) < 4.78 is 68.3. The largest absolute Gasteiger partial charge is 0.472 e. The number of ether oxygens (including phenoxy) is 4. The number of phosphoric acid groups is 2. The molecule has 0 radical (unpaired) electrons. The number of aliphatic hydroxyl groups is 1. The lowest BCUT2D eigenvalue weighted by Crippen LogP contribution is -2.30. The van der Waals surface area contributed by atoms with Gasteiger partial charge in [0, 0.05) is 25.7 Å². The standard InChI is InChI=1S/C74H144O17P2/c1-9-67(8)53-45-37-28-23-25-31-40-48-56-73(78)90-69(60-84-71(76)54-46-38-29-21-19-17-15-13-11-10-12-14-16-18-20-26-34-42-50-64(2)3)62-88-92(80,81)86-58-68(75)59-87-93(82,83)89-63-70(91-74(79)57-49-41-33-32-36-44-52-66(6)7)61-85-72(77)55-47-39-30-24-22-27-35-43-51-65(4)5/h64-70,75H,9-63H2,1-8H3,(H,80,81)(H,82,83)/t67?,68?,69-,70-/m1/s1. The first kappa shape index (κ1) is 91.1. The number of hydrogen-bond acceptors (Lipinski definition) is 15. The first-order valence-electron chi connectivity index (χ1n) is 38.2. The lowest BCUT2D eigenvalue weighted by Gasteiger charge is -2.21. The van der Waals surface area contributed by atoms with Gasteiger partial charge >= 0.3 is 39.5 Å². The molecule has 0 aliphatic heterocycles. The quantitative estimate of drug-likeness (QED) is 0.0222. The summed E-state index contributed by atoms with van der Waals surface area (Å²) >= 11 is 0. The summed E-state index contributed by atoms with van der Waals surface area (Å²) in [5.41, 5.74) is 0. The van der Waals surface area contributed by atoms with Gasteiger partial charge in [-0.25, -0.2) is 9.13 Å². The van der Waals surface area contributed by atoms with E-state index in [2.05, 4.69) is 55.4 Å². The van der Waals surface area contributed by atoms with Gasteiger partial charge in [-0.1, -0.05) is 319 Å². The molecule has 0 heterocycles. The van der Waals surface area contributed by atoms with Gasteiger partial charge in [0.2, 0.25) is 0 Å². The van der Waals surface area contributed by atoms with E-state index in [1.165, 1.54) is 173 Å². The van der Waals surface area contributed by atoms with E-state index in [1.807, 2.05) is 0 Å². The molecule has 0 rings (SSSR count). The highest BCUT2D eigenvalue weighted by atomic mass is 31.2. The predicted molar refractivity (Wildman–Crippen MR) is 377 cm³/mol. The van der Waals surface area contributed by atoms with Crippen LogP contribution in [-0.2, 0) is 65.4 Å². The average Bonchev–Trinajstić information content (AvgIpc) is 1.61. The Morgan fingerprint density at radius 1 is 0.301 bits per heavy atom. The van der Waals surface area contributed by atoms with Gasteiger partial charge in [-0.05, 0) is 49.4 Å². The molecule has 0 aliphatic carbocycles. The fraction of sp³-hybridized carbons (Fsp3) is 0.946. The molecule has 0 aromatic heterocycles. The Bertz CT molecular complexity index is 1840. The van der Waals surface area contributed by atoms with E-state index in [9.17, 15) is 43.2 Å². The summed E-state index contributed by atoms with van der Waals surface area (Å²) in [5.74, 6) is 0.857. The zero-order valence-corrected chi connectivity index (χ0v) is 62.7. The number of hydrogen-bond donors (Lipinski definition) is 3. The van der Waals surface area contributed by atoms with Crippen LogP contribution in [0.2, 0.25) is 0 Å². The second-order valence-electron chi connectivity index (χ2n) is 28.4. The molecular weight excluding hydrogens is 1220 g/mol. The fourth-order valence-corrected chi connectivity index (χ4v) is 12.7. The van der Waals surface area contributed by atoms with E-state index >= 15 is 0 Å². The van der Waals surface area contributed by atoms with Gasteiger partial charge in [0.1, 0.15) is 19.3 Å². The Morgan fingerprint density at radius 2 is 0.516 bits per heavy atom.